The van der Waals surface area contributed by atoms with Gasteiger partial charge in [0.15, 0.2) is 5.79 Å². The van der Waals surface area contributed by atoms with Crippen molar-refractivity contribution in [2.24, 2.45) is 5.92 Å². The zero-order chi connectivity index (χ0) is 39.2. The molecule has 298 valence electrons. The molecule has 2 saturated heterocycles. The van der Waals surface area contributed by atoms with E-state index in [1.807, 2.05) is 80.6 Å². The number of hydrogen-bond acceptors (Lipinski definition) is 9. The van der Waals surface area contributed by atoms with Crippen LogP contribution in [0.4, 0.5) is 9.59 Å². The van der Waals surface area contributed by atoms with Crippen LogP contribution in [0.1, 0.15) is 83.3 Å². The molecule has 2 fully saturated rings. The van der Waals surface area contributed by atoms with Gasteiger partial charge >= 0.3 is 18.2 Å². The molecule has 3 aromatic carbocycles. The molecule has 2 aliphatic heterocycles. The molecule has 3 aromatic rings. The van der Waals surface area contributed by atoms with Crippen LogP contribution >= 0.6 is 11.6 Å². The Morgan fingerprint density at radius 2 is 1.69 bits per heavy atom. The molecule has 3 N–H and O–H groups in total. The van der Waals surface area contributed by atoms with Crippen molar-refractivity contribution >= 4 is 46.4 Å². The van der Waals surface area contributed by atoms with Gasteiger partial charge in [-0.3, -0.25) is 4.79 Å². The first-order chi connectivity index (χ1) is 26.5. The number of amides is 3. The zero-order valence-electron chi connectivity index (χ0n) is 32.0. The lowest BCUT2D eigenvalue weighted by molar-refractivity contribution is -0.329. The van der Waals surface area contributed by atoms with Crippen LogP contribution in [0.5, 0.6) is 0 Å². The van der Waals surface area contributed by atoms with Crippen molar-refractivity contribution in [1.82, 2.24) is 16.0 Å². The number of esters is 1. The first kappa shape index (κ1) is 41.8. The Kier molecular flexibility index (Phi) is 15.6. The summed E-state index contributed by atoms with van der Waals surface area (Å²) < 4.78 is 29.9. The number of carbonyl (C=O) groups is 4. The molecule has 0 aliphatic carbocycles. The number of carbonyl (C=O) groups excluding carboxylic acids is 4. The lowest BCUT2D eigenvalue weighted by Crippen LogP contribution is -2.54. The highest BCUT2D eigenvalue weighted by molar-refractivity contribution is 6.30. The number of hydrogen-bond donors (Lipinski definition) is 3. The summed E-state index contributed by atoms with van der Waals surface area (Å²) in [6, 6.07) is 20.6. The SMILES string of the molecule is CCOC(=O)[C@H](CC(C)C)NC(=O)CCC1CC(OC(=O)NCc2cccc3ccccc23)CC2(CCCC(COC(=O)NCCc3ccc(Cl)cc3)O2)O1. The fourth-order valence-electron chi connectivity index (χ4n) is 7.24. The van der Waals surface area contributed by atoms with Crippen LogP contribution in [-0.2, 0) is 46.2 Å². The third-order valence-corrected chi connectivity index (χ3v) is 10.0. The first-order valence-electron chi connectivity index (χ1n) is 19.4. The number of ether oxygens (including phenoxy) is 5. The van der Waals surface area contributed by atoms with Crippen LogP contribution < -0.4 is 16.0 Å². The Balaban J connectivity index is 1.19. The summed E-state index contributed by atoms with van der Waals surface area (Å²) in [5.74, 6) is -1.70. The van der Waals surface area contributed by atoms with Gasteiger partial charge in [-0.2, -0.15) is 0 Å². The Bertz CT molecular complexity index is 1730. The van der Waals surface area contributed by atoms with Crippen LogP contribution in [0, 0.1) is 5.92 Å². The van der Waals surface area contributed by atoms with E-state index in [2.05, 4.69) is 16.0 Å². The number of nitrogens with one attached hydrogen (secondary N) is 3. The van der Waals surface area contributed by atoms with Crippen molar-refractivity contribution in [3.05, 3.63) is 82.9 Å². The Morgan fingerprint density at radius 1 is 0.927 bits per heavy atom. The lowest BCUT2D eigenvalue weighted by atomic mass is 9.90. The predicted octanol–water partition coefficient (Wildman–Crippen LogP) is 7.38. The van der Waals surface area contributed by atoms with Gasteiger partial charge in [0.1, 0.15) is 18.8 Å². The van der Waals surface area contributed by atoms with Gasteiger partial charge in [-0.1, -0.05) is 80.0 Å². The molecule has 4 unspecified atom stereocenters. The van der Waals surface area contributed by atoms with Gasteiger partial charge in [0.25, 0.3) is 0 Å². The minimum atomic E-state index is -1.11. The average Bonchev–Trinajstić information content (AvgIpc) is 3.16. The van der Waals surface area contributed by atoms with Gasteiger partial charge in [-0.25, -0.2) is 14.4 Å². The second kappa shape index (κ2) is 20.5. The third kappa shape index (κ3) is 13.1. The van der Waals surface area contributed by atoms with Crippen LogP contribution in [-0.4, -0.2) is 74.0 Å². The van der Waals surface area contributed by atoms with Gasteiger partial charge in [0, 0.05) is 43.8 Å². The third-order valence-electron chi connectivity index (χ3n) is 9.79. The van der Waals surface area contributed by atoms with Crippen molar-refractivity contribution in [3.8, 4) is 0 Å². The minimum Gasteiger partial charge on any atom is -0.464 e. The molecular weight excluding hydrogens is 726 g/mol. The van der Waals surface area contributed by atoms with Gasteiger partial charge in [-0.05, 0) is 79.0 Å². The molecule has 55 heavy (non-hydrogen) atoms. The first-order valence-corrected chi connectivity index (χ1v) is 19.8. The quantitative estimate of drug-likeness (QED) is 0.100. The van der Waals surface area contributed by atoms with E-state index in [-0.39, 0.29) is 44.4 Å². The van der Waals surface area contributed by atoms with Crippen LogP contribution in [0.3, 0.4) is 0 Å². The summed E-state index contributed by atoms with van der Waals surface area (Å²) in [6.45, 7) is 6.61. The van der Waals surface area contributed by atoms with E-state index in [4.69, 9.17) is 35.3 Å². The predicted molar refractivity (Wildman–Crippen MR) is 208 cm³/mol. The largest absolute Gasteiger partial charge is 0.464 e. The smallest absolute Gasteiger partial charge is 0.407 e. The monoisotopic (exact) mass is 779 g/mol. The second-order valence-corrected chi connectivity index (χ2v) is 15.1. The standard InChI is InChI=1S/C42H54ClN3O9/c1-4-51-39(48)37(23-28(2)3)46-38(47)19-18-33-24-35(53-41(50)45-26-31-11-7-10-30-9-5-6-13-36(30)31)25-42(54-33)21-8-12-34(55-42)27-52-40(49)44-22-20-29-14-16-32(43)17-15-29/h5-7,9-11,13-17,28,33-35,37H,4,8,12,18-27H2,1-3H3,(H,44,49)(H,45,50)(H,46,47)/t33?,34?,35?,37-,42?/m0/s1. The van der Waals surface area contributed by atoms with Crippen molar-refractivity contribution in [1.29, 1.82) is 0 Å². The highest BCUT2D eigenvalue weighted by Gasteiger charge is 2.47. The maximum Gasteiger partial charge on any atom is 0.407 e. The molecule has 0 bridgehead atoms. The topological polar surface area (TPSA) is 151 Å². The molecule has 0 aromatic heterocycles. The maximum absolute atomic E-state index is 13.2. The van der Waals surface area contributed by atoms with E-state index in [1.165, 1.54) is 0 Å². The molecule has 2 heterocycles. The fraction of sp³-hybridized carbons (Fsp3) is 0.524. The molecule has 13 heteroatoms. The van der Waals surface area contributed by atoms with Crippen molar-refractivity contribution < 1.29 is 42.9 Å². The Hall–Kier alpha value is -4.39. The molecule has 1 spiro atoms. The highest BCUT2D eigenvalue weighted by Crippen LogP contribution is 2.41. The van der Waals surface area contributed by atoms with E-state index in [9.17, 15) is 19.2 Å². The zero-order valence-corrected chi connectivity index (χ0v) is 32.7. The van der Waals surface area contributed by atoms with E-state index >= 15 is 0 Å². The van der Waals surface area contributed by atoms with Crippen LogP contribution in [0.15, 0.2) is 66.7 Å². The molecule has 0 saturated carbocycles. The van der Waals surface area contributed by atoms with Crippen LogP contribution in [0.2, 0.25) is 5.02 Å². The average molecular weight is 780 g/mol. The normalized spacial score (nSPS) is 21.4. The van der Waals surface area contributed by atoms with Gasteiger partial charge < -0.3 is 39.6 Å². The summed E-state index contributed by atoms with van der Waals surface area (Å²) in [4.78, 5) is 51.5. The van der Waals surface area contributed by atoms with Crippen molar-refractivity contribution in [2.75, 3.05) is 19.8 Å². The van der Waals surface area contributed by atoms with E-state index in [1.54, 1.807) is 6.92 Å². The number of alkyl carbamates (subject to hydrolysis) is 2. The molecule has 5 rings (SSSR count). The maximum atomic E-state index is 13.2. The summed E-state index contributed by atoms with van der Waals surface area (Å²) in [5.41, 5.74) is 2.01. The number of rotatable bonds is 16. The molecule has 0 radical (unpaired) electrons. The fourth-order valence-corrected chi connectivity index (χ4v) is 7.36. The van der Waals surface area contributed by atoms with Gasteiger partial charge in [0.05, 0.1) is 18.8 Å². The molecule has 3 amide bonds. The van der Waals surface area contributed by atoms with E-state index < -0.39 is 48.3 Å². The van der Waals surface area contributed by atoms with E-state index in [0.29, 0.717) is 50.1 Å². The Labute approximate surface area is 328 Å². The van der Waals surface area contributed by atoms with Gasteiger partial charge in [-0.15, -0.1) is 0 Å². The van der Waals surface area contributed by atoms with Crippen molar-refractivity contribution in [3.63, 3.8) is 0 Å². The van der Waals surface area contributed by atoms with Crippen molar-refractivity contribution in [2.45, 2.75) is 115 Å². The molecular formula is C42H54ClN3O9. The molecule has 5 atom stereocenters. The molecule has 12 nitrogen and oxygen atoms in total. The summed E-state index contributed by atoms with van der Waals surface area (Å²) >= 11 is 5.96. The minimum absolute atomic E-state index is 0.0209. The summed E-state index contributed by atoms with van der Waals surface area (Å²) in [6.07, 6.45) is 1.40. The number of halogens is 1. The second-order valence-electron chi connectivity index (χ2n) is 14.7. The highest BCUT2D eigenvalue weighted by atomic mass is 35.5. The number of fused-ring (bicyclic) bond motifs is 1. The number of benzene rings is 3. The summed E-state index contributed by atoms with van der Waals surface area (Å²) in [7, 11) is 0. The Morgan fingerprint density at radius 3 is 2.47 bits per heavy atom. The lowest BCUT2D eigenvalue weighted by Gasteiger charge is -2.47. The van der Waals surface area contributed by atoms with Gasteiger partial charge in [0.2, 0.25) is 5.91 Å². The summed E-state index contributed by atoms with van der Waals surface area (Å²) in [5, 5.41) is 11.3. The van der Waals surface area contributed by atoms with Crippen LogP contribution in [0.25, 0.3) is 10.8 Å². The van der Waals surface area contributed by atoms with E-state index in [0.717, 1.165) is 28.3 Å². The molecule has 2 aliphatic rings.